The second-order valence-corrected chi connectivity index (χ2v) is 12.8. The number of rotatable bonds is 3. The molecule has 0 aliphatic carbocycles. The highest BCUT2D eigenvalue weighted by molar-refractivity contribution is 7.25. The first kappa shape index (κ1) is 24.8. The Bertz CT molecular complexity index is 2780. The monoisotopic (exact) mass is 591 g/mol. The third-order valence-electron chi connectivity index (χ3n) is 9.21. The maximum atomic E-state index is 6.22. The van der Waals surface area contributed by atoms with Crippen LogP contribution in [0.2, 0.25) is 0 Å². The van der Waals surface area contributed by atoms with Crippen molar-refractivity contribution in [2.75, 3.05) is 4.90 Å². The Labute approximate surface area is 263 Å². The molecule has 0 saturated carbocycles. The Kier molecular flexibility index (Phi) is 5.19. The molecule has 0 aliphatic rings. The van der Waals surface area contributed by atoms with Gasteiger partial charge in [-0.05, 0) is 86.9 Å². The van der Waals surface area contributed by atoms with E-state index < -0.39 is 0 Å². The first-order valence-corrected chi connectivity index (χ1v) is 16.1. The Morgan fingerprint density at radius 3 is 1.84 bits per heavy atom. The fourth-order valence-corrected chi connectivity index (χ4v) is 8.25. The van der Waals surface area contributed by atoms with Crippen LogP contribution >= 0.6 is 11.3 Å². The van der Waals surface area contributed by atoms with E-state index in [1.54, 1.807) is 0 Å². The van der Waals surface area contributed by atoms with Gasteiger partial charge in [0.05, 0.1) is 0 Å². The van der Waals surface area contributed by atoms with E-state index in [9.17, 15) is 0 Å². The van der Waals surface area contributed by atoms with Crippen molar-refractivity contribution in [2.24, 2.45) is 0 Å². The molecule has 0 aliphatic heterocycles. The van der Waals surface area contributed by atoms with Crippen molar-refractivity contribution in [1.82, 2.24) is 0 Å². The lowest BCUT2D eigenvalue weighted by molar-refractivity contribution is 0.669. The van der Waals surface area contributed by atoms with Gasteiger partial charge >= 0.3 is 0 Å². The quantitative estimate of drug-likeness (QED) is 0.190. The maximum Gasteiger partial charge on any atom is 0.135 e. The highest BCUT2D eigenvalue weighted by Crippen LogP contribution is 2.43. The summed E-state index contributed by atoms with van der Waals surface area (Å²) in [6, 6.07) is 55.0. The van der Waals surface area contributed by atoms with Crippen LogP contribution in [0.1, 0.15) is 0 Å². The molecule has 2 heterocycles. The van der Waals surface area contributed by atoms with E-state index in [1.807, 2.05) is 23.5 Å². The number of thiophene rings is 1. The summed E-state index contributed by atoms with van der Waals surface area (Å²) in [5.41, 5.74) is 5.16. The van der Waals surface area contributed by atoms with E-state index >= 15 is 0 Å². The lowest BCUT2D eigenvalue weighted by Crippen LogP contribution is -2.09. The molecule has 10 rings (SSSR count). The van der Waals surface area contributed by atoms with Crippen LogP contribution in [0.25, 0.3) is 74.4 Å². The minimum atomic E-state index is 0.899. The van der Waals surface area contributed by atoms with Gasteiger partial charge in [-0.2, -0.15) is 0 Å². The van der Waals surface area contributed by atoms with E-state index in [0.29, 0.717) is 0 Å². The highest BCUT2D eigenvalue weighted by Gasteiger charge is 2.18. The van der Waals surface area contributed by atoms with Gasteiger partial charge in [0.1, 0.15) is 11.2 Å². The molecule has 0 saturated heterocycles. The molecule has 45 heavy (non-hydrogen) atoms. The van der Waals surface area contributed by atoms with Gasteiger partial charge in [0.2, 0.25) is 0 Å². The standard InChI is InChI=1S/C42H25NOS/c1-2-8-32-26(7-1)13-15-28-16-14-27-17-18-29(23-36(27)42(28)32)43(30-20-22-39-37(24-30)33-9-3-5-11-38(33)44-39)31-19-21-35-34-10-4-6-12-40(34)45-41(35)25-31/h1-25H. The normalized spacial score (nSPS) is 12.0. The molecule has 8 aromatic carbocycles. The van der Waals surface area contributed by atoms with Gasteiger partial charge in [-0.25, -0.2) is 0 Å². The summed E-state index contributed by atoms with van der Waals surface area (Å²) in [6.45, 7) is 0. The molecule has 0 atom stereocenters. The SMILES string of the molecule is c1ccc2c(c1)ccc1ccc3ccc(N(c4ccc5c(c4)sc4ccccc45)c4ccc5oc6ccccc6c5c4)cc3c12. The molecule has 0 unspecified atom stereocenters. The number of nitrogens with zero attached hydrogens (tertiary/aromatic N) is 1. The lowest BCUT2D eigenvalue weighted by atomic mass is 9.96. The van der Waals surface area contributed by atoms with Gasteiger partial charge in [-0.15, -0.1) is 11.3 Å². The van der Waals surface area contributed by atoms with Crippen molar-refractivity contribution in [3.63, 3.8) is 0 Å². The Morgan fingerprint density at radius 1 is 0.378 bits per heavy atom. The summed E-state index contributed by atoms with van der Waals surface area (Å²) >= 11 is 1.85. The molecule has 0 bridgehead atoms. The minimum absolute atomic E-state index is 0.899. The fraction of sp³-hybridized carbons (Fsp3) is 0. The lowest BCUT2D eigenvalue weighted by Gasteiger charge is -2.26. The Hall–Kier alpha value is -5.64. The summed E-state index contributed by atoms with van der Waals surface area (Å²) in [6.07, 6.45) is 0. The molecule has 3 heteroatoms. The highest BCUT2D eigenvalue weighted by atomic mass is 32.1. The zero-order valence-electron chi connectivity index (χ0n) is 24.2. The van der Waals surface area contributed by atoms with Gasteiger partial charge in [0, 0.05) is 48.0 Å². The molecule has 10 aromatic rings. The number of benzene rings is 8. The third kappa shape index (κ3) is 3.75. The van der Waals surface area contributed by atoms with Gasteiger partial charge < -0.3 is 9.32 Å². The molecule has 0 radical (unpaired) electrons. The van der Waals surface area contributed by atoms with E-state index in [4.69, 9.17) is 4.42 Å². The maximum absolute atomic E-state index is 6.22. The van der Waals surface area contributed by atoms with Crippen molar-refractivity contribution >= 4 is 103 Å². The average molecular weight is 592 g/mol. The number of anilines is 3. The van der Waals surface area contributed by atoms with Gasteiger partial charge in [0.15, 0.2) is 0 Å². The van der Waals surface area contributed by atoms with Gasteiger partial charge in [-0.1, -0.05) is 97.1 Å². The Morgan fingerprint density at radius 2 is 0.956 bits per heavy atom. The largest absolute Gasteiger partial charge is 0.456 e. The summed E-state index contributed by atoms with van der Waals surface area (Å²) in [5.74, 6) is 0. The Balaban J connectivity index is 1.26. The van der Waals surface area contributed by atoms with E-state index in [0.717, 1.165) is 39.0 Å². The van der Waals surface area contributed by atoms with Crippen LogP contribution in [0.5, 0.6) is 0 Å². The second-order valence-electron chi connectivity index (χ2n) is 11.7. The van der Waals surface area contributed by atoms with Crippen LogP contribution in [0.3, 0.4) is 0 Å². The van der Waals surface area contributed by atoms with Crippen molar-refractivity contribution < 1.29 is 4.42 Å². The van der Waals surface area contributed by atoms with E-state index in [-0.39, 0.29) is 0 Å². The predicted octanol–water partition coefficient (Wildman–Crippen LogP) is 12.9. The second kappa shape index (κ2) is 9.43. The zero-order chi connectivity index (χ0) is 29.5. The van der Waals surface area contributed by atoms with Crippen LogP contribution in [0.4, 0.5) is 17.1 Å². The number of furan rings is 1. The first-order chi connectivity index (χ1) is 22.3. The number of hydrogen-bond acceptors (Lipinski definition) is 3. The molecular formula is C42H25NOS. The number of fused-ring (bicyclic) bond motifs is 11. The topological polar surface area (TPSA) is 16.4 Å². The summed E-state index contributed by atoms with van der Waals surface area (Å²) in [7, 11) is 0. The smallest absolute Gasteiger partial charge is 0.135 e. The predicted molar refractivity (Wildman–Crippen MR) is 194 cm³/mol. The summed E-state index contributed by atoms with van der Waals surface area (Å²) < 4.78 is 8.81. The van der Waals surface area contributed by atoms with Crippen molar-refractivity contribution in [2.45, 2.75) is 0 Å². The van der Waals surface area contributed by atoms with E-state index in [2.05, 4.69) is 144 Å². The van der Waals surface area contributed by atoms with Gasteiger partial charge in [-0.3, -0.25) is 0 Å². The third-order valence-corrected chi connectivity index (χ3v) is 10.3. The van der Waals surface area contributed by atoms with Crippen LogP contribution in [-0.2, 0) is 0 Å². The number of hydrogen-bond donors (Lipinski definition) is 0. The fourth-order valence-electron chi connectivity index (χ4n) is 7.11. The molecular weight excluding hydrogens is 567 g/mol. The molecule has 0 spiro atoms. The summed E-state index contributed by atoms with van der Waals surface area (Å²) in [4.78, 5) is 2.40. The zero-order valence-corrected chi connectivity index (χ0v) is 25.0. The number of para-hydroxylation sites is 1. The van der Waals surface area contributed by atoms with E-state index in [1.165, 1.54) is 52.5 Å². The van der Waals surface area contributed by atoms with Crippen molar-refractivity contribution in [3.05, 3.63) is 152 Å². The molecule has 0 N–H and O–H groups in total. The molecule has 210 valence electrons. The van der Waals surface area contributed by atoms with Crippen LogP contribution < -0.4 is 4.90 Å². The average Bonchev–Trinajstić information content (AvgIpc) is 3.66. The van der Waals surface area contributed by atoms with Crippen LogP contribution in [0.15, 0.2) is 156 Å². The molecule has 0 amide bonds. The van der Waals surface area contributed by atoms with Crippen molar-refractivity contribution in [3.8, 4) is 0 Å². The van der Waals surface area contributed by atoms with Gasteiger partial charge in [0.25, 0.3) is 0 Å². The van der Waals surface area contributed by atoms with Crippen LogP contribution in [-0.4, -0.2) is 0 Å². The van der Waals surface area contributed by atoms with Crippen molar-refractivity contribution in [1.29, 1.82) is 0 Å². The molecule has 0 fully saturated rings. The summed E-state index contributed by atoms with van der Waals surface area (Å²) in [5, 5.41) is 12.4. The first-order valence-electron chi connectivity index (χ1n) is 15.3. The minimum Gasteiger partial charge on any atom is -0.456 e. The molecule has 2 aromatic heterocycles. The van der Waals surface area contributed by atoms with Crippen LogP contribution in [0, 0.1) is 0 Å². The molecule has 2 nitrogen and oxygen atoms in total.